The average molecular weight is 581 g/mol. The largest absolute Gasteiger partial charge is 0.375 e. The molecule has 0 saturated carbocycles. The molecular weight excluding hydrogens is 540 g/mol. The van der Waals surface area contributed by atoms with Gasteiger partial charge in [-0.3, -0.25) is 19.6 Å². The predicted molar refractivity (Wildman–Crippen MR) is 156 cm³/mol. The summed E-state index contributed by atoms with van der Waals surface area (Å²) < 4.78 is 19.2. The Hall–Kier alpha value is -1.81. The van der Waals surface area contributed by atoms with Crippen LogP contribution in [0.3, 0.4) is 0 Å². The summed E-state index contributed by atoms with van der Waals surface area (Å²) in [5.74, 6) is -0.0987. The number of halogens is 3. The molecule has 4 aliphatic rings. The molecule has 0 aliphatic carbocycles. The van der Waals surface area contributed by atoms with Gasteiger partial charge in [-0.1, -0.05) is 26.0 Å². The van der Waals surface area contributed by atoms with Gasteiger partial charge >= 0.3 is 0 Å². The van der Waals surface area contributed by atoms with E-state index < -0.39 is 0 Å². The topological polar surface area (TPSA) is 60.9 Å². The molecule has 214 valence electrons. The predicted octanol–water partition coefficient (Wildman–Crippen LogP) is 3.41. The minimum atomic E-state index is -0.236. The van der Waals surface area contributed by atoms with Crippen molar-refractivity contribution in [3.8, 4) is 0 Å². The fourth-order valence-corrected chi connectivity index (χ4v) is 6.57. The van der Waals surface area contributed by atoms with E-state index in [4.69, 9.17) is 9.72 Å². The van der Waals surface area contributed by atoms with Gasteiger partial charge in [-0.15, -0.1) is 24.8 Å². The quantitative estimate of drug-likeness (QED) is 0.566. The van der Waals surface area contributed by atoms with Gasteiger partial charge in [0.25, 0.3) is 0 Å². The van der Waals surface area contributed by atoms with Crippen LogP contribution < -0.4 is 10.2 Å². The molecular formula is C29H40Cl2FN5O2. The van der Waals surface area contributed by atoms with Crippen LogP contribution in [0.4, 0.5) is 10.1 Å². The molecule has 3 saturated heterocycles. The molecule has 5 heterocycles. The zero-order valence-electron chi connectivity index (χ0n) is 22.9. The summed E-state index contributed by atoms with van der Waals surface area (Å²) in [6.45, 7) is 12.1. The number of amides is 1. The van der Waals surface area contributed by atoms with Crippen LogP contribution in [-0.2, 0) is 21.4 Å². The number of morpholine rings is 1. The summed E-state index contributed by atoms with van der Waals surface area (Å²) >= 11 is 0. The van der Waals surface area contributed by atoms with Crippen LogP contribution in [0.2, 0.25) is 0 Å². The first-order valence-corrected chi connectivity index (χ1v) is 13.6. The number of pyridine rings is 1. The summed E-state index contributed by atoms with van der Waals surface area (Å²) in [5.41, 5.74) is 3.74. The van der Waals surface area contributed by atoms with Crippen molar-refractivity contribution in [1.29, 1.82) is 0 Å². The number of fused-ring (bicyclic) bond motifs is 3. The molecule has 2 aromatic rings. The lowest BCUT2D eigenvalue weighted by molar-refractivity contribution is -0.121. The van der Waals surface area contributed by atoms with Gasteiger partial charge in [0.2, 0.25) is 5.91 Å². The molecule has 39 heavy (non-hydrogen) atoms. The number of likely N-dealkylation sites (tertiary alicyclic amines) is 1. The summed E-state index contributed by atoms with van der Waals surface area (Å²) in [6.07, 6.45) is 4.08. The number of anilines is 1. The fourth-order valence-electron chi connectivity index (χ4n) is 6.57. The molecule has 3 fully saturated rings. The van der Waals surface area contributed by atoms with Crippen LogP contribution in [0.25, 0.3) is 0 Å². The van der Waals surface area contributed by atoms with Crippen LogP contribution in [0.5, 0.6) is 0 Å². The van der Waals surface area contributed by atoms with Gasteiger partial charge < -0.3 is 15.0 Å². The zero-order valence-corrected chi connectivity index (χ0v) is 24.6. The van der Waals surface area contributed by atoms with E-state index in [1.165, 1.54) is 12.1 Å². The van der Waals surface area contributed by atoms with Crippen LogP contribution in [0.1, 0.15) is 44.0 Å². The molecule has 1 aromatic heterocycles. The number of piperazine rings is 1. The summed E-state index contributed by atoms with van der Waals surface area (Å²) in [5, 5.41) is 3.63. The molecule has 0 radical (unpaired) electrons. The Morgan fingerprint density at radius 1 is 1.15 bits per heavy atom. The molecule has 0 spiro atoms. The van der Waals surface area contributed by atoms with E-state index in [0.29, 0.717) is 43.7 Å². The van der Waals surface area contributed by atoms with Crippen LogP contribution in [0.15, 0.2) is 36.5 Å². The number of ether oxygens (including phenoxy) is 1. The highest BCUT2D eigenvalue weighted by molar-refractivity contribution is 5.97. The highest BCUT2D eigenvalue weighted by Crippen LogP contribution is 2.40. The van der Waals surface area contributed by atoms with Crippen LogP contribution in [0, 0.1) is 5.82 Å². The third kappa shape index (κ3) is 6.26. The molecule has 7 nitrogen and oxygen atoms in total. The van der Waals surface area contributed by atoms with Gasteiger partial charge in [0.15, 0.2) is 0 Å². The summed E-state index contributed by atoms with van der Waals surface area (Å²) in [4.78, 5) is 25.6. The van der Waals surface area contributed by atoms with Gasteiger partial charge in [0.1, 0.15) is 5.82 Å². The molecule has 1 unspecified atom stereocenters. The van der Waals surface area contributed by atoms with E-state index in [9.17, 15) is 9.18 Å². The number of nitrogens with zero attached hydrogens (tertiary/aromatic N) is 4. The number of benzene rings is 1. The first kappa shape index (κ1) is 30.2. The van der Waals surface area contributed by atoms with Crippen molar-refractivity contribution >= 4 is 36.4 Å². The van der Waals surface area contributed by atoms with E-state index in [-0.39, 0.29) is 42.0 Å². The maximum absolute atomic E-state index is 13.8. The second kappa shape index (κ2) is 12.0. The number of hydrogen-bond donors (Lipinski definition) is 1. The Morgan fingerprint density at radius 2 is 1.92 bits per heavy atom. The smallest absolute Gasteiger partial charge is 0.241 e. The number of carbonyl (C=O) groups is 1. The fraction of sp³-hybridized carbons (Fsp3) is 0.586. The van der Waals surface area contributed by atoms with E-state index in [1.807, 2.05) is 11.1 Å². The van der Waals surface area contributed by atoms with Gasteiger partial charge in [0.05, 0.1) is 30.6 Å². The van der Waals surface area contributed by atoms with Gasteiger partial charge in [-0.2, -0.15) is 0 Å². The van der Waals surface area contributed by atoms with Crippen LogP contribution >= 0.6 is 24.8 Å². The van der Waals surface area contributed by atoms with Crippen molar-refractivity contribution in [3.05, 3.63) is 59.2 Å². The third-order valence-corrected chi connectivity index (χ3v) is 8.56. The molecule has 1 N–H and O–H groups in total. The van der Waals surface area contributed by atoms with Gasteiger partial charge in [-0.25, -0.2) is 4.39 Å². The Kier molecular flexibility index (Phi) is 9.25. The van der Waals surface area contributed by atoms with E-state index >= 15 is 0 Å². The van der Waals surface area contributed by atoms with E-state index in [1.54, 1.807) is 12.1 Å². The molecule has 1 aromatic carbocycles. The normalized spacial score (nSPS) is 27.6. The molecule has 6 rings (SSSR count). The first-order chi connectivity index (χ1) is 17.7. The second-order valence-corrected chi connectivity index (χ2v) is 12.1. The van der Waals surface area contributed by atoms with Gasteiger partial charge in [0, 0.05) is 62.5 Å². The van der Waals surface area contributed by atoms with Crippen molar-refractivity contribution < 1.29 is 13.9 Å². The summed E-state index contributed by atoms with van der Waals surface area (Å²) in [7, 11) is 0. The lowest BCUT2D eigenvalue weighted by atomic mass is 9.91. The standard InChI is InChI=1S/C29H38FN5O2.2ClH/c1-19-13-33(24(12-31-19)14-34-15-25-10-23(34)17-37-25)16-27(36)35-18-29(2,3)28-26(35)9-21(11-32-28)8-20-4-6-22(30)7-5-20;;/h4-7,9,11,19,23-25,31H,8,10,12-18H2,1-3H3;2*1H/t19-,23+,24-,25?;;/m1../s1. The molecule has 1 amide bonds. The average Bonchev–Trinajstić information content (AvgIpc) is 3.55. The minimum Gasteiger partial charge on any atom is -0.375 e. The van der Waals surface area contributed by atoms with Crippen molar-refractivity contribution in [2.75, 3.05) is 50.8 Å². The SMILES string of the molecule is C[C@@H]1CN(CC(=O)N2CC(C)(C)c3ncc(Cc4ccc(F)cc4)cc32)[C@@H](CN2CC3C[C@H]2CO3)CN1.Cl.Cl. The second-order valence-electron chi connectivity index (χ2n) is 12.1. The molecule has 4 atom stereocenters. The van der Waals surface area contributed by atoms with Crippen LogP contribution in [-0.4, -0.2) is 90.8 Å². The van der Waals surface area contributed by atoms with E-state index in [2.05, 4.69) is 42.0 Å². The van der Waals surface area contributed by atoms with Crippen molar-refractivity contribution in [2.45, 2.75) is 63.3 Å². The Morgan fingerprint density at radius 3 is 2.62 bits per heavy atom. The molecule has 10 heteroatoms. The number of nitrogens with one attached hydrogen (secondary N) is 1. The maximum Gasteiger partial charge on any atom is 0.241 e. The lowest BCUT2D eigenvalue weighted by Crippen LogP contribution is -2.61. The third-order valence-electron chi connectivity index (χ3n) is 8.56. The maximum atomic E-state index is 13.8. The molecule has 2 bridgehead atoms. The number of carbonyl (C=O) groups excluding carboxylic acids is 1. The highest BCUT2D eigenvalue weighted by atomic mass is 35.5. The van der Waals surface area contributed by atoms with Crippen molar-refractivity contribution in [2.24, 2.45) is 0 Å². The van der Waals surface area contributed by atoms with E-state index in [0.717, 1.165) is 61.7 Å². The van der Waals surface area contributed by atoms with Crippen molar-refractivity contribution in [1.82, 2.24) is 20.1 Å². The highest BCUT2D eigenvalue weighted by Gasteiger charge is 2.43. The molecule has 4 aliphatic heterocycles. The number of rotatable bonds is 6. The lowest BCUT2D eigenvalue weighted by Gasteiger charge is -2.42. The summed E-state index contributed by atoms with van der Waals surface area (Å²) in [6, 6.07) is 9.88. The Balaban J connectivity index is 0.00000176. The number of aromatic nitrogens is 1. The van der Waals surface area contributed by atoms with Crippen molar-refractivity contribution in [3.63, 3.8) is 0 Å². The minimum absolute atomic E-state index is 0. The monoisotopic (exact) mass is 579 g/mol. The Bertz CT molecular complexity index is 1170. The first-order valence-electron chi connectivity index (χ1n) is 13.6. The van der Waals surface area contributed by atoms with Gasteiger partial charge in [-0.05, 0) is 49.1 Å². The number of hydrogen-bond acceptors (Lipinski definition) is 6. The zero-order chi connectivity index (χ0) is 25.7. The Labute approximate surface area is 243 Å².